The maximum atomic E-state index is 12.8. The Hall–Kier alpha value is -2.39. The van der Waals surface area contributed by atoms with E-state index in [0.29, 0.717) is 23.3 Å². The topological polar surface area (TPSA) is 61.0 Å². The third kappa shape index (κ3) is 4.83. The second-order valence-corrected chi connectivity index (χ2v) is 9.11. The second-order valence-electron chi connectivity index (χ2n) is 6.95. The van der Waals surface area contributed by atoms with Crippen LogP contribution in [-0.2, 0) is 17.6 Å². The van der Waals surface area contributed by atoms with E-state index >= 15 is 0 Å². The van der Waals surface area contributed by atoms with Crippen molar-refractivity contribution in [3.05, 3.63) is 76.0 Å². The largest absolute Gasteiger partial charge is 0.612 e. The first kappa shape index (κ1) is 22.8. The lowest BCUT2D eigenvalue weighted by molar-refractivity contribution is -0.274. The standard InChI is InChI=1S/C22H15Cl2F3N2O2S/c1-32(30)13-8-6-12(7-9-13)10-18-28-16-11-15(23)19(20(24)21(16)29-18)14-4-2-3-5-17(14)31-22(25,26)27/h2-9,11H,10H2,1H3,(H,28,29). The number of halogens is 5. The molecule has 166 valence electrons. The molecule has 0 spiro atoms. The lowest BCUT2D eigenvalue weighted by Gasteiger charge is -2.15. The number of rotatable bonds is 5. The monoisotopic (exact) mass is 498 g/mol. The zero-order chi connectivity index (χ0) is 23.0. The van der Waals surface area contributed by atoms with Crippen LogP contribution < -0.4 is 4.74 Å². The fraction of sp³-hybridized carbons (Fsp3) is 0.136. The van der Waals surface area contributed by atoms with Crippen molar-refractivity contribution in [3.63, 3.8) is 0 Å². The maximum Gasteiger partial charge on any atom is 0.573 e. The Morgan fingerprint density at radius 3 is 2.44 bits per heavy atom. The van der Waals surface area contributed by atoms with Crippen LogP contribution in [0.15, 0.2) is 59.5 Å². The highest BCUT2D eigenvalue weighted by Crippen LogP contribution is 2.44. The van der Waals surface area contributed by atoms with Gasteiger partial charge in [-0.1, -0.05) is 53.5 Å². The zero-order valence-corrected chi connectivity index (χ0v) is 18.8. The molecule has 4 rings (SSSR count). The van der Waals surface area contributed by atoms with Gasteiger partial charge in [-0.15, -0.1) is 13.2 Å². The summed E-state index contributed by atoms with van der Waals surface area (Å²) < 4.78 is 54.2. The lowest BCUT2D eigenvalue weighted by atomic mass is 10.0. The van der Waals surface area contributed by atoms with Gasteiger partial charge in [0.15, 0.2) is 4.90 Å². The van der Waals surface area contributed by atoms with Crippen molar-refractivity contribution in [2.75, 3.05) is 6.26 Å². The van der Waals surface area contributed by atoms with E-state index in [9.17, 15) is 17.7 Å². The van der Waals surface area contributed by atoms with E-state index in [-0.39, 0.29) is 21.2 Å². The number of ether oxygens (including phenoxy) is 1. The van der Waals surface area contributed by atoms with E-state index in [1.54, 1.807) is 30.5 Å². The molecule has 32 heavy (non-hydrogen) atoms. The number of fused-ring (bicyclic) bond motifs is 1. The van der Waals surface area contributed by atoms with Crippen LogP contribution >= 0.6 is 23.2 Å². The normalized spacial score (nSPS) is 12.8. The summed E-state index contributed by atoms with van der Waals surface area (Å²) in [5, 5.41) is 0.274. The number of aromatic amines is 1. The van der Waals surface area contributed by atoms with Crippen LogP contribution in [0.3, 0.4) is 0 Å². The molecule has 0 aliphatic heterocycles. The first-order chi connectivity index (χ1) is 15.1. The molecule has 0 amide bonds. The Kier molecular flexibility index (Phi) is 6.31. The molecular formula is C22H15Cl2F3N2O2S. The Balaban J connectivity index is 1.73. The number of alkyl halides is 3. The number of aromatic nitrogens is 2. The highest BCUT2D eigenvalue weighted by molar-refractivity contribution is 7.90. The number of nitrogens with one attached hydrogen (secondary N) is 1. The molecule has 0 fully saturated rings. The van der Waals surface area contributed by atoms with Crippen molar-refractivity contribution in [2.45, 2.75) is 17.7 Å². The SMILES string of the molecule is C[S+]([O-])c1ccc(Cc2nc3c(Cl)c(-c4ccccc4OC(F)(F)F)c(Cl)cc3[nH]2)cc1. The number of H-pyrrole nitrogens is 1. The minimum absolute atomic E-state index is 0.106. The van der Waals surface area contributed by atoms with Gasteiger partial charge in [-0.05, 0) is 41.0 Å². The number of hydrogen-bond donors (Lipinski definition) is 1. The van der Waals surface area contributed by atoms with Crippen molar-refractivity contribution >= 4 is 45.4 Å². The first-order valence-corrected chi connectivity index (χ1v) is 11.6. The van der Waals surface area contributed by atoms with Crippen LogP contribution in [0, 0.1) is 0 Å². The summed E-state index contributed by atoms with van der Waals surface area (Å²) in [5.41, 5.74) is 2.18. The molecule has 0 aliphatic carbocycles. The summed E-state index contributed by atoms with van der Waals surface area (Å²) in [4.78, 5) is 8.39. The van der Waals surface area contributed by atoms with Gasteiger partial charge in [-0.2, -0.15) is 0 Å². The third-order valence-corrected chi connectivity index (χ3v) is 6.33. The maximum absolute atomic E-state index is 12.8. The second kappa shape index (κ2) is 8.86. The van der Waals surface area contributed by atoms with Gasteiger partial charge in [0.05, 0.1) is 15.6 Å². The van der Waals surface area contributed by atoms with Crippen molar-refractivity contribution < 1.29 is 22.5 Å². The summed E-state index contributed by atoms with van der Waals surface area (Å²) in [5.74, 6) is 0.188. The Morgan fingerprint density at radius 2 is 1.78 bits per heavy atom. The molecule has 1 N–H and O–H groups in total. The van der Waals surface area contributed by atoms with Gasteiger partial charge >= 0.3 is 6.36 Å². The van der Waals surface area contributed by atoms with E-state index in [2.05, 4.69) is 14.7 Å². The molecular weight excluding hydrogens is 484 g/mol. The third-order valence-electron chi connectivity index (χ3n) is 4.73. The molecule has 3 aromatic carbocycles. The molecule has 4 aromatic rings. The number of para-hydroxylation sites is 1. The van der Waals surface area contributed by atoms with Crippen molar-refractivity contribution in [3.8, 4) is 16.9 Å². The molecule has 0 saturated carbocycles. The van der Waals surface area contributed by atoms with Gasteiger partial charge in [0, 0.05) is 17.5 Å². The number of hydrogen-bond acceptors (Lipinski definition) is 3. The number of nitrogens with zero attached hydrogens (tertiary/aromatic N) is 1. The number of benzene rings is 3. The average molecular weight is 499 g/mol. The van der Waals surface area contributed by atoms with E-state index in [0.717, 1.165) is 10.5 Å². The van der Waals surface area contributed by atoms with Gasteiger partial charge in [0.25, 0.3) is 0 Å². The average Bonchev–Trinajstić information content (AvgIpc) is 3.11. The first-order valence-electron chi connectivity index (χ1n) is 9.26. The molecule has 0 bridgehead atoms. The predicted octanol–water partition coefficient (Wildman–Crippen LogP) is 6.76. The van der Waals surface area contributed by atoms with Gasteiger partial charge in [-0.25, -0.2) is 4.98 Å². The quantitative estimate of drug-likeness (QED) is 0.309. The summed E-state index contributed by atoms with van der Waals surface area (Å²) in [6.45, 7) is 0. The van der Waals surface area contributed by atoms with E-state index in [4.69, 9.17) is 23.2 Å². The molecule has 1 aromatic heterocycles. The van der Waals surface area contributed by atoms with E-state index < -0.39 is 23.3 Å². The van der Waals surface area contributed by atoms with Crippen LogP contribution in [0.2, 0.25) is 10.0 Å². The predicted molar refractivity (Wildman–Crippen MR) is 120 cm³/mol. The summed E-state index contributed by atoms with van der Waals surface area (Å²) >= 11 is 11.9. The Morgan fingerprint density at radius 1 is 1.09 bits per heavy atom. The Bertz CT molecular complexity index is 1270. The molecule has 1 heterocycles. The molecule has 4 nitrogen and oxygen atoms in total. The van der Waals surface area contributed by atoms with Crippen molar-refractivity contribution in [1.29, 1.82) is 0 Å². The fourth-order valence-corrected chi connectivity index (χ4v) is 4.56. The fourth-order valence-electron chi connectivity index (χ4n) is 3.34. The van der Waals surface area contributed by atoms with E-state index in [1.807, 2.05) is 12.1 Å². The molecule has 0 aliphatic rings. The van der Waals surface area contributed by atoms with Crippen molar-refractivity contribution in [1.82, 2.24) is 9.97 Å². The van der Waals surface area contributed by atoms with Crippen LogP contribution in [0.4, 0.5) is 13.2 Å². The Labute approximate surface area is 194 Å². The van der Waals surface area contributed by atoms with Crippen LogP contribution in [0.1, 0.15) is 11.4 Å². The van der Waals surface area contributed by atoms with Gasteiger partial charge in [-0.3, -0.25) is 0 Å². The van der Waals surface area contributed by atoms with Crippen LogP contribution in [-0.4, -0.2) is 27.1 Å². The molecule has 0 saturated heterocycles. The van der Waals surface area contributed by atoms with Crippen LogP contribution in [0.25, 0.3) is 22.2 Å². The summed E-state index contributed by atoms with van der Waals surface area (Å²) in [6, 6.07) is 14.5. The molecule has 1 atom stereocenters. The van der Waals surface area contributed by atoms with Crippen molar-refractivity contribution in [2.24, 2.45) is 0 Å². The van der Waals surface area contributed by atoms with Crippen LogP contribution in [0.5, 0.6) is 5.75 Å². The highest BCUT2D eigenvalue weighted by atomic mass is 35.5. The molecule has 0 radical (unpaired) electrons. The lowest BCUT2D eigenvalue weighted by Crippen LogP contribution is -2.17. The number of imidazole rings is 1. The van der Waals surface area contributed by atoms with Gasteiger partial charge in [0.2, 0.25) is 0 Å². The van der Waals surface area contributed by atoms with Gasteiger partial charge in [0.1, 0.15) is 23.3 Å². The summed E-state index contributed by atoms with van der Waals surface area (Å²) in [6.07, 6.45) is -2.81. The van der Waals surface area contributed by atoms with Gasteiger partial charge < -0.3 is 14.3 Å². The molecule has 1 unspecified atom stereocenters. The molecule has 10 heteroatoms. The minimum Gasteiger partial charge on any atom is -0.612 e. The summed E-state index contributed by atoms with van der Waals surface area (Å²) in [7, 11) is 0. The minimum atomic E-state index is -4.86. The zero-order valence-electron chi connectivity index (χ0n) is 16.5. The highest BCUT2D eigenvalue weighted by Gasteiger charge is 2.33. The smallest absolute Gasteiger partial charge is 0.573 e. The van der Waals surface area contributed by atoms with E-state index in [1.165, 1.54) is 18.2 Å².